The summed E-state index contributed by atoms with van der Waals surface area (Å²) in [5.74, 6) is 0. The summed E-state index contributed by atoms with van der Waals surface area (Å²) in [5, 5.41) is 2.54. The van der Waals surface area contributed by atoms with Crippen LogP contribution in [0.1, 0.15) is 32.1 Å². The maximum absolute atomic E-state index is 4.76. The second-order valence-electron chi connectivity index (χ2n) is 3.46. The minimum absolute atomic E-state index is 0.194. The largest absolute Gasteiger partial charge is 0.313 e. The molecule has 0 amide bonds. The Hall–Kier alpha value is 0.0800. The third-order valence-electron chi connectivity index (χ3n) is 2.47. The summed E-state index contributed by atoms with van der Waals surface area (Å²) in [5.41, 5.74) is 4.98. The van der Waals surface area contributed by atoms with Crippen LogP contribution in [0.4, 0.5) is 0 Å². The molecule has 0 aromatic carbocycles. The van der Waals surface area contributed by atoms with Crippen molar-refractivity contribution < 1.29 is 0 Å². The molecular weight excluding hydrogens is 219 g/mol. The summed E-state index contributed by atoms with van der Waals surface area (Å²) in [4.78, 5) is 0. The molecule has 1 N–H and O–H groups in total. The minimum atomic E-state index is 0.194. The SMILES string of the molecule is C1=C2CCCCNN2CCC1.ClCCl. The Kier molecular flexibility index (Phi) is 6.41. The number of hydrogen-bond acceptors (Lipinski definition) is 2. The number of allylic oxidation sites excluding steroid dienone is 2. The Morgan fingerprint density at radius 3 is 2.86 bits per heavy atom. The van der Waals surface area contributed by atoms with Crippen molar-refractivity contribution >= 4 is 23.2 Å². The summed E-state index contributed by atoms with van der Waals surface area (Å²) < 4.78 is 0. The predicted molar refractivity (Wildman–Crippen MR) is 62.4 cm³/mol. The van der Waals surface area contributed by atoms with Gasteiger partial charge in [0.15, 0.2) is 0 Å². The number of nitrogens with zero attached hydrogens (tertiary/aromatic N) is 1. The summed E-state index contributed by atoms with van der Waals surface area (Å²) in [6.07, 6.45) is 8.96. The number of rotatable bonds is 0. The van der Waals surface area contributed by atoms with Gasteiger partial charge < -0.3 is 5.01 Å². The molecule has 2 aliphatic heterocycles. The molecule has 2 aliphatic rings. The monoisotopic (exact) mass is 236 g/mol. The van der Waals surface area contributed by atoms with Crippen LogP contribution < -0.4 is 5.43 Å². The quantitative estimate of drug-likeness (QED) is 0.651. The van der Waals surface area contributed by atoms with Crippen LogP contribution in [-0.4, -0.2) is 23.4 Å². The van der Waals surface area contributed by atoms with Gasteiger partial charge in [-0.05, 0) is 32.1 Å². The molecule has 0 atom stereocenters. The molecule has 0 unspecified atom stereocenters. The fourth-order valence-electron chi connectivity index (χ4n) is 1.83. The van der Waals surface area contributed by atoms with E-state index >= 15 is 0 Å². The van der Waals surface area contributed by atoms with E-state index in [0.717, 1.165) is 6.54 Å². The topological polar surface area (TPSA) is 15.3 Å². The number of hydrazine groups is 1. The molecule has 2 rings (SSSR count). The number of alkyl halides is 2. The van der Waals surface area contributed by atoms with Gasteiger partial charge in [0, 0.05) is 18.8 Å². The van der Waals surface area contributed by atoms with Crippen LogP contribution in [0.2, 0.25) is 0 Å². The predicted octanol–water partition coefficient (Wildman–Crippen LogP) is 3.08. The van der Waals surface area contributed by atoms with Gasteiger partial charge >= 0.3 is 0 Å². The first-order chi connectivity index (χ1) is 6.88. The molecule has 4 heteroatoms. The van der Waals surface area contributed by atoms with Crippen LogP contribution in [0.25, 0.3) is 0 Å². The molecule has 0 bridgehead atoms. The van der Waals surface area contributed by atoms with Gasteiger partial charge in [-0.1, -0.05) is 6.08 Å². The Morgan fingerprint density at radius 1 is 1.29 bits per heavy atom. The molecule has 2 heterocycles. The molecule has 1 saturated heterocycles. The normalized spacial score (nSPS) is 21.3. The van der Waals surface area contributed by atoms with E-state index in [2.05, 4.69) is 16.5 Å². The number of nitrogens with one attached hydrogen (secondary N) is 1. The molecule has 1 fully saturated rings. The Morgan fingerprint density at radius 2 is 2.07 bits per heavy atom. The lowest BCUT2D eigenvalue weighted by Gasteiger charge is -2.28. The first-order valence-electron chi connectivity index (χ1n) is 5.20. The van der Waals surface area contributed by atoms with E-state index in [1.807, 2.05) is 0 Å². The van der Waals surface area contributed by atoms with E-state index in [4.69, 9.17) is 23.2 Å². The average Bonchev–Trinajstić information content (AvgIpc) is 2.43. The molecule has 0 aromatic rings. The van der Waals surface area contributed by atoms with Gasteiger partial charge in [-0.3, -0.25) is 0 Å². The fourth-order valence-corrected chi connectivity index (χ4v) is 1.83. The van der Waals surface area contributed by atoms with Gasteiger partial charge in [-0.25, -0.2) is 5.43 Å². The molecule has 0 radical (unpaired) electrons. The van der Waals surface area contributed by atoms with Crippen LogP contribution in [0.3, 0.4) is 0 Å². The zero-order valence-electron chi connectivity index (χ0n) is 8.44. The fraction of sp³-hybridized carbons (Fsp3) is 0.800. The third kappa shape index (κ3) is 4.07. The third-order valence-corrected chi connectivity index (χ3v) is 2.47. The maximum Gasteiger partial charge on any atom is 0.0967 e. The summed E-state index contributed by atoms with van der Waals surface area (Å²) >= 11 is 9.53. The second kappa shape index (κ2) is 7.38. The second-order valence-corrected chi connectivity index (χ2v) is 4.26. The van der Waals surface area contributed by atoms with Crippen molar-refractivity contribution in [3.8, 4) is 0 Å². The van der Waals surface area contributed by atoms with Crippen LogP contribution in [-0.2, 0) is 0 Å². The van der Waals surface area contributed by atoms with Crippen molar-refractivity contribution in [3.05, 3.63) is 11.8 Å². The highest BCUT2D eigenvalue weighted by Gasteiger charge is 2.14. The minimum Gasteiger partial charge on any atom is -0.313 e. The van der Waals surface area contributed by atoms with Gasteiger partial charge in [0.2, 0.25) is 0 Å². The van der Waals surface area contributed by atoms with Crippen LogP contribution in [0, 0.1) is 0 Å². The first-order valence-corrected chi connectivity index (χ1v) is 6.27. The summed E-state index contributed by atoms with van der Waals surface area (Å²) in [7, 11) is 0. The Balaban J connectivity index is 0.000000293. The molecule has 2 nitrogen and oxygen atoms in total. The van der Waals surface area contributed by atoms with Gasteiger partial charge in [-0.15, -0.1) is 23.2 Å². The summed E-state index contributed by atoms with van der Waals surface area (Å²) in [6, 6.07) is 0. The highest BCUT2D eigenvalue weighted by molar-refractivity contribution is 6.40. The van der Waals surface area contributed by atoms with Crippen molar-refractivity contribution in [3.63, 3.8) is 0 Å². The first kappa shape index (κ1) is 12.2. The molecule has 0 saturated carbocycles. The van der Waals surface area contributed by atoms with Crippen LogP contribution in [0.5, 0.6) is 0 Å². The molecule has 82 valence electrons. The van der Waals surface area contributed by atoms with E-state index in [9.17, 15) is 0 Å². The Labute approximate surface area is 96.2 Å². The molecule has 0 aliphatic carbocycles. The zero-order valence-corrected chi connectivity index (χ0v) is 9.95. The average molecular weight is 237 g/mol. The van der Waals surface area contributed by atoms with Crippen molar-refractivity contribution in [2.45, 2.75) is 32.1 Å². The standard InChI is InChI=1S/C9H16N2.CH2Cl2/c1-3-7-10-11-8-4-2-6-9(11)5-1;2-1-3/h6,10H,1-5,7-8H2;1H2. The van der Waals surface area contributed by atoms with Gasteiger partial charge in [0.05, 0.1) is 5.34 Å². The van der Waals surface area contributed by atoms with E-state index < -0.39 is 0 Å². The lowest BCUT2D eigenvalue weighted by Crippen LogP contribution is -2.38. The lowest BCUT2D eigenvalue weighted by atomic mass is 10.1. The smallest absolute Gasteiger partial charge is 0.0967 e. The number of hydrogen-bond donors (Lipinski definition) is 1. The van der Waals surface area contributed by atoms with Gasteiger partial charge in [0.1, 0.15) is 0 Å². The van der Waals surface area contributed by atoms with Crippen molar-refractivity contribution in [2.24, 2.45) is 0 Å². The highest BCUT2D eigenvalue weighted by Crippen LogP contribution is 2.19. The van der Waals surface area contributed by atoms with Crippen molar-refractivity contribution in [1.82, 2.24) is 10.4 Å². The van der Waals surface area contributed by atoms with E-state index in [-0.39, 0.29) is 5.34 Å². The van der Waals surface area contributed by atoms with Crippen LogP contribution >= 0.6 is 23.2 Å². The summed E-state index contributed by atoms with van der Waals surface area (Å²) in [6.45, 7) is 2.38. The van der Waals surface area contributed by atoms with E-state index in [1.54, 1.807) is 0 Å². The van der Waals surface area contributed by atoms with E-state index in [0.29, 0.717) is 0 Å². The molecular formula is C10H18Cl2N2. The van der Waals surface area contributed by atoms with E-state index in [1.165, 1.54) is 44.3 Å². The number of halogens is 2. The molecule has 0 aromatic heterocycles. The Bertz CT molecular complexity index is 183. The molecule has 14 heavy (non-hydrogen) atoms. The van der Waals surface area contributed by atoms with Crippen molar-refractivity contribution in [1.29, 1.82) is 0 Å². The lowest BCUT2D eigenvalue weighted by molar-refractivity contribution is 0.237. The van der Waals surface area contributed by atoms with Crippen molar-refractivity contribution in [2.75, 3.05) is 18.4 Å². The maximum atomic E-state index is 4.76. The van der Waals surface area contributed by atoms with Gasteiger partial charge in [0.25, 0.3) is 0 Å². The highest BCUT2D eigenvalue weighted by atomic mass is 35.5. The van der Waals surface area contributed by atoms with Gasteiger partial charge in [-0.2, -0.15) is 0 Å². The number of fused-ring (bicyclic) bond motifs is 1. The molecule has 0 spiro atoms. The van der Waals surface area contributed by atoms with Crippen LogP contribution in [0.15, 0.2) is 11.8 Å². The zero-order chi connectivity index (χ0) is 10.2.